The first kappa shape index (κ1) is 13.4. The van der Waals surface area contributed by atoms with Crippen molar-refractivity contribution in [2.45, 2.75) is 25.7 Å². The fourth-order valence-electron chi connectivity index (χ4n) is 2.42. The molecule has 6 nitrogen and oxygen atoms in total. The zero-order valence-corrected chi connectivity index (χ0v) is 11.3. The largest absolute Gasteiger partial charge is 0.475 e. The van der Waals surface area contributed by atoms with Crippen LogP contribution in [0.15, 0.2) is 28.8 Å². The molecule has 2 aromatic rings. The number of hydrogen-bond donors (Lipinski definition) is 2. The standard InChI is InChI=1S/C15H14N2O4/c18-14(12-5-6-13(21-12)15(19)20)17-10-7-9-3-1-2-4-11(9)16-8-10/h5-8H,1-4H2,(H,17,18)(H,19,20). The normalized spacial score (nSPS) is 13.5. The summed E-state index contributed by atoms with van der Waals surface area (Å²) in [6, 6.07) is 4.51. The minimum atomic E-state index is -1.20. The van der Waals surface area contributed by atoms with E-state index in [-0.39, 0.29) is 11.5 Å². The molecule has 0 fully saturated rings. The number of nitrogens with zero attached hydrogens (tertiary/aromatic N) is 1. The maximum Gasteiger partial charge on any atom is 0.371 e. The van der Waals surface area contributed by atoms with Crippen LogP contribution in [0, 0.1) is 0 Å². The molecule has 6 heteroatoms. The number of hydrogen-bond acceptors (Lipinski definition) is 4. The molecule has 0 unspecified atom stereocenters. The number of nitrogens with one attached hydrogen (secondary N) is 1. The Morgan fingerprint density at radius 1 is 1.19 bits per heavy atom. The summed E-state index contributed by atoms with van der Waals surface area (Å²) >= 11 is 0. The monoisotopic (exact) mass is 286 g/mol. The third-order valence-electron chi connectivity index (χ3n) is 3.47. The number of carbonyl (C=O) groups excluding carboxylic acids is 1. The van der Waals surface area contributed by atoms with Crippen molar-refractivity contribution in [3.05, 3.63) is 47.2 Å². The van der Waals surface area contributed by atoms with Gasteiger partial charge in [-0.15, -0.1) is 0 Å². The summed E-state index contributed by atoms with van der Waals surface area (Å²) in [6.45, 7) is 0. The van der Waals surface area contributed by atoms with Gasteiger partial charge in [0.2, 0.25) is 5.76 Å². The molecule has 2 heterocycles. The van der Waals surface area contributed by atoms with Crippen LogP contribution in [0.4, 0.5) is 5.69 Å². The van der Waals surface area contributed by atoms with Gasteiger partial charge < -0.3 is 14.8 Å². The van der Waals surface area contributed by atoms with Crippen LogP contribution >= 0.6 is 0 Å². The van der Waals surface area contributed by atoms with Crippen LogP contribution in [0.5, 0.6) is 0 Å². The van der Waals surface area contributed by atoms with Gasteiger partial charge in [0.25, 0.3) is 5.91 Å². The molecule has 0 spiro atoms. The van der Waals surface area contributed by atoms with Crippen molar-refractivity contribution in [3.8, 4) is 0 Å². The third kappa shape index (κ3) is 2.79. The fourth-order valence-corrected chi connectivity index (χ4v) is 2.42. The van der Waals surface area contributed by atoms with Gasteiger partial charge in [-0.3, -0.25) is 9.78 Å². The second-order valence-corrected chi connectivity index (χ2v) is 4.96. The lowest BCUT2D eigenvalue weighted by Crippen LogP contribution is -2.13. The number of aromatic carboxylic acids is 1. The number of furan rings is 1. The molecule has 0 atom stereocenters. The minimum Gasteiger partial charge on any atom is -0.475 e. The fraction of sp³-hybridized carbons (Fsp3) is 0.267. The summed E-state index contributed by atoms with van der Waals surface area (Å²) in [7, 11) is 0. The second kappa shape index (κ2) is 5.40. The van der Waals surface area contributed by atoms with Gasteiger partial charge in [0.1, 0.15) is 0 Å². The molecule has 0 radical (unpaired) electrons. The molecule has 1 aliphatic rings. The van der Waals surface area contributed by atoms with Gasteiger partial charge in [-0.25, -0.2) is 4.79 Å². The molecule has 2 N–H and O–H groups in total. The van der Waals surface area contributed by atoms with E-state index < -0.39 is 11.9 Å². The van der Waals surface area contributed by atoms with Gasteiger partial charge in [0, 0.05) is 5.69 Å². The SMILES string of the molecule is O=C(O)c1ccc(C(=O)Nc2cnc3c(c2)CCCC3)o1. The number of aryl methyl sites for hydroxylation is 2. The number of aromatic nitrogens is 1. The zero-order chi connectivity index (χ0) is 14.8. The molecule has 108 valence electrons. The number of fused-ring (bicyclic) bond motifs is 1. The summed E-state index contributed by atoms with van der Waals surface area (Å²) in [4.78, 5) is 27.1. The summed E-state index contributed by atoms with van der Waals surface area (Å²) in [5.74, 6) is -1.99. The van der Waals surface area contributed by atoms with E-state index >= 15 is 0 Å². The first-order valence-electron chi connectivity index (χ1n) is 6.76. The van der Waals surface area contributed by atoms with Gasteiger partial charge >= 0.3 is 5.97 Å². The molecular formula is C15H14N2O4. The molecule has 1 aliphatic carbocycles. The molecular weight excluding hydrogens is 272 g/mol. The quantitative estimate of drug-likeness (QED) is 0.904. The average Bonchev–Trinajstić information content (AvgIpc) is 2.97. The molecule has 1 amide bonds. The molecule has 0 saturated heterocycles. The summed E-state index contributed by atoms with van der Waals surface area (Å²) in [5.41, 5.74) is 2.84. The number of rotatable bonds is 3. The van der Waals surface area contributed by atoms with Gasteiger partial charge in [0.15, 0.2) is 5.76 Å². The molecule has 0 bridgehead atoms. The summed E-state index contributed by atoms with van der Waals surface area (Å²) in [6.07, 6.45) is 5.84. The highest BCUT2D eigenvalue weighted by Gasteiger charge is 2.16. The van der Waals surface area contributed by atoms with Crippen molar-refractivity contribution in [2.24, 2.45) is 0 Å². The number of pyridine rings is 1. The van der Waals surface area contributed by atoms with Crippen molar-refractivity contribution >= 4 is 17.6 Å². The van der Waals surface area contributed by atoms with Crippen LogP contribution in [0.1, 0.15) is 45.2 Å². The van der Waals surface area contributed by atoms with Crippen LogP contribution < -0.4 is 5.32 Å². The van der Waals surface area contributed by atoms with Gasteiger partial charge in [0.05, 0.1) is 11.9 Å². The third-order valence-corrected chi connectivity index (χ3v) is 3.47. The van der Waals surface area contributed by atoms with E-state index in [1.165, 1.54) is 12.1 Å². The summed E-state index contributed by atoms with van der Waals surface area (Å²) in [5, 5.41) is 11.4. The lowest BCUT2D eigenvalue weighted by atomic mass is 9.96. The Labute approximate surface area is 120 Å². The van der Waals surface area contributed by atoms with Crippen molar-refractivity contribution in [2.75, 3.05) is 5.32 Å². The first-order chi connectivity index (χ1) is 10.1. The number of anilines is 1. The van der Waals surface area contributed by atoms with Gasteiger partial charge in [-0.1, -0.05) is 0 Å². The van der Waals surface area contributed by atoms with Crippen LogP contribution in [0.3, 0.4) is 0 Å². The predicted molar refractivity (Wildman–Crippen MR) is 74.5 cm³/mol. The van der Waals surface area contributed by atoms with Crippen molar-refractivity contribution < 1.29 is 19.1 Å². The van der Waals surface area contributed by atoms with Crippen LogP contribution in [-0.4, -0.2) is 22.0 Å². The van der Waals surface area contributed by atoms with Crippen LogP contribution in [-0.2, 0) is 12.8 Å². The highest BCUT2D eigenvalue weighted by atomic mass is 16.4. The Hall–Kier alpha value is -2.63. The maximum atomic E-state index is 12.0. The van der Waals surface area contributed by atoms with Gasteiger partial charge in [-0.2, -0.15) is 0 Å². The Balaban J connectivity index is 1.76. The van der Waals surface area contributed by atoms with E-state index in [0.29, 0.717) is 5.69 Å². The topological polar surface area (TPSA) is 92.4 Å². The predicted octanol–water partition coefficient (Wildman–Crippen LogP) is 2.50. The minimum absolute atomic E-state index is 0.0369. The Kier molecular flexibility index (Phi) is 3.43. The summed E-state index contributed by atoms with van der Waals surface area (Å²) < 4.78 is 4.96. The lowest BCUT2D eigenvalue weighted by Gasteiger charge is -2.15. The van der Waals surface area contributed by atoms with Crippen molar-refractivity contribution in [1.82, 2.24) is 4.98 Å². The molecule has 0 aliphatic heterocycles. The number of carboxylic acids is 1. The van der Waals surface area contributed by atoms with E-state index in [1.807, 2.05) is 6.07 Å². The second-order valence-electron chi connectivity index (χ2n) is 4.96. The highest BCUT2D eigenvalue weighted by molar-refractivity contribution is 6.02. The van der Waals surface area contributed by atoms with E-state index in [0.717, 1.165) is 36.9 Å². The van der Waals surface area contributed by atoms with Crippen molar-refractivity contribution in [1.29, 1.82) is 0 Å². The average molecular weight is 286 g/mol. The highest BCUT2D eigenvalue weighted by Crippen LogP contribution is 2.22. The van der Waals surface area contributed by atoms with E-state index in [2.05, 4.69) is 10.3 Å². The van der Waals surface area contributed by atoms with Crippen LogP contribution in [0.2, 0.25) is 0 Å². The zero-order valence-electron chi connectivity index (χ0n) is 11.3. The van der Waals surface area contributed by atoms with E-state index in [4.69, 9.17) is 9.52 Å². The lowest BCUT2D eigenvalue weighted by molar-refractivity contribution is 0.0660. The van der Waals surface area contributed by atoms with E-state index in [9.17, 15) is 9.59 Å². The van der Waals surface area contributed by atoms with Gasteiger partial charge in [-0.05, 0) is 49.4 Å². The number of carboxylic acid groups (broad SMARTS) is 1. The van der Waals surface area contributed by atoms with E-state index in [1.54, 1.807) is 6.20 Å². The Morgan fingerprint density at radius 3 is 2.71 bits per heavy atom. The van der Waals surface area contributed by atoms with Crippen molar-refractivity contribution in [3.63, 3.8) is 0 Å². The molecule has 0 saturated carbocycles. The number of amides is 1. The Bertz CT molecular complexity index is 705. The van der Waals surface area contributed by atoms with Crippen LogP contribution in [0.25, 0.3) is 0 Å². The maximum absolute atomic E-state index is 12.0. The Morgan fingerprint density at radius 2 is 1.95 bits per heavy atom. The number of carbonyl (C=O) groups is 2. The molecule has 2 aromatic heterocycles. The molecule has 3 rings (SSSR count). The molecule has 21 heavy (non-hydrogen) atoms. The molecule has 0 aromatic carbocycles. The smallest absolute Gasteiger partial charge is 0.371 e. The first-order valence-corrected chi connectivity index (χ1v) is 6.76.